The quantitative estimate of drug-likeness (QED) is 0.521. The standard InChI is InChI=1S/C24H33NO3/c1-19-7-9-21(10-8-19)5-3-4-6-22-11-13-23(14-12-22)15-16-24(17-26,18-27)25-20(2)28/h7-14,26-27H,3-6,15-18H2,1-2H3,(H,25,28). The van der Waals surface area contributed by atoms with E-state index in [1.54, 1.807) is 0 Å². The molecule has 0 aliphatic rings. The molecule has 4 nitrogen and oxygen atoms in total. The minimum absolute atomic E-state index is 0.246. The molecule has 152 valence electrons. The van der Waals surface area contributed by atoms with Crippen LogP contribution in [0.2, 0.25) is 0 Å². The monoisotopic (exact) mass is 383 g/mol. The molecule has 2 rings (SSSR count). The number of aryl methyl sites for hydroxylation is 4. The molecule has 2 aromatic carbocycles. The fourth-order valence-electron chi connectivity index (χ4n) is 3.39. The number of carbonyl (C=O) groups excluding carboxylic acids is 1. The molecule has 0 saturated heterocycles. The molecule has 0 aliphatic heterocycles. The highest BCUT2D eigenvalue weighted by Crippen LogP contribution is 2.16. The number of nitrogens with one attached hydrogen (secondary N) is 1. The lowest BCUT2D eigenvalue weighted by Gasteiger charge is -2.30. The van der Waals surface area contributed by atoms with Gasteiger partial charge in [-0.25, -0.2) is 0 Å². The maximum atomic E-state index is 11.3. The van der Waals surface area contributed by atoms with Crippen molar-refractivity contribution in [3.8, 4) is 0 Å². The lowest BCUT2D eigenvalue weighted by atomic mass is 9.92. The summed E-state index contributed by atoms with van der Waals surface area (Å²) < 4.78 is 0. The van der Waals surface area contributed by atoms with Crippen LogP contribution in [0.5, 0.6) is 0 Å². The van der Waals surface area contributed by atoms with E-state index in [1.165, 1.54) is 30.0 Å². The summed E-state index contributed by atoms with van der Waals surface area (Å²) in [6.07, 6.45) is 5.71. The summed E-state index contributed by atoms with van der Waals surface area (Å²) >= 11 is 0. The third-order valence-corrected chi connectivity index (χ3v) is 5.26. The zero-order chi connectivity index (χ0) is 20.4. The normalized spacial score (nSPS) is 11.4. The highest BCUT2D eigenvalue weighted by atomic mass is 16.3. The minimum Gasteiger partial charge on any atom is -0.394 e. The van der Waals surface area contributed by atoms with E-state index in [1.807, 2.05) is 0 Å². The molecule has 4 heteroatoms. The smallest absolute Gasteiger partial charge is 0.217 e. The molecule has 0 aromatic heterocycles. The predicted octanol–water partition coefficient (Wildman–Crippen LogP) is 3.35. The SMILES string of the molecule is CC(=O)NC(CO)(CO)CCc1ccc(CCCCc2ccc(C)cc2)cc1. The summed E-state index contributed by atoms with van der Waals surface area (Å²) in [5.74, 6) is -0.246. The number of hydrogen-bond donors (Lipinski definition) is 3. The van der Waals surface area contributed by atoms with E-state index in [-0.39, 0.29) is 19.1 Å². The number of carbonyl (C=O) groups is 1. The molecule has 28 heavy (non-hydrogen) atoms. The lowest BCUT2D eigenvalue weighted by molar-refractivity contribution is -0.122. The van der Waals surface area contributed by atoms with Crippen LogP contribution < -0.4 is 5.32 Å². The molecule has 0 heterocycles. The van der Waals surface area contributed by atoms with Crippen molar-refractivity contribution in [3.63, 3.8) is 0 Å². The van der Waals surface area contributed by atoms with Gasteiger partial charge in [-0.05, 0) is 62.1 Å². The van der Waals surface area contributed by atoms with E-state index < -0.39 is 5.54 Å². The van der Waals surface area contributed by atoms with Gasteiger partial charge < -0.3 is 15.5 Å². The zero-order valence-corrected chi connectivity index (χ0v) is 17.1. The van der Waals surface area contributed by atoms with Gasteiger partial charge >= 0.3 is 0 Å². The molecule has 1 amide bonds. The molecule has 0 unspecified atom stereocenters. The van der Waals surface area contributed by atoms with Gasteiger partial charge in [0.25, 0.3) is 0 Å². The Hall–Kier alpha value is -2.17. The molecule has 0 fully saturated rings. The van der Waals surface area contributed by atoms with E-state index >= 15 is 0 Å². The second kappa shape index (κ2) is 11.0. The van der Waals surface area contributed by atoms with Gasteiger partial charge in [0.2, 0.25) is 5.91 Å². The fraction of sp³-hybridized carbons (Fsp3) is 0.458. The van der Waals surface area contributed by atoms with Crippen LogP contribution in [0.3, 0.4) is 0 Å². The number of benzene rings is 2. The van der Waals surface area contributed by atoms with Crippen LogP contribution in [0, 0.1) is 6.92 Å². The molecule has 0 radical (unpaired) electrons. The molecule has 2 aromatic rings. The number of rotatable bonds is 11. The Morgan fingerprint density at radius 1 is 0.821 bits per heavy atom. The van der Waals surface area contributed by atoms with Gasteiger partial charge in [0.05, 0.1) is 18.8 Å². The van der Waals surface area contributed by atoms with Crippen molar-refractivity contribution in [2.24, 2.45) is 0 Å². The Labute approximate surface area is 168 Å². The third kappa shape index (κ3) is 7.10. The van der Waals surface area contributed by atoms with E-state index in [9.17, 15) is 15.0 Å². The summed E-state index contributed by atoms with van der Waals surface area (Å²) in [5, 5.41) is 21.9. The summed E-state index contributed by atoms with van der Waals surface area (Å²) in [5.41, 5.74) is 4.21. The maximum absolute atomic E-state index is 11.3. The largest absolute Gasteiger partial charge is 0.394 e. The molecular formula is C24H33NO3. The molecule has 3 N–H and O–H groups in total. The highest BCUT2D eigenvalue weighted by molar-refractivity contribution is 5.73. The summed E-state index contributed by atoms with van der Waals surface area (Å²) in [4.78, 5) is 11.3. The minimum atomic E-state index is -0.958. The van der Waals surface area contributed by atoms with Gasteiger partial charge in [-0.3, -0.25) is 4.79 Å². The molecule has 0 aliphatic carbocycles. The van der Waals surface area contributed by atoms with Crippen LogP contribution in [0.1, 0.15) is 48.4 Å². The van der Waals surface area contributed by atoms with Crippen LogP contribution in [0.4, 0.5) is 0 Å². The van der Waals surface area contributed by atoms with E-state index in [0.717, 1.165) is 24.8 Å². The molecule has 0 bridgehead atoms. The van der Waals surface area contributed by atoms with Gasteiger partial charge in [0.1, 0.15) is 0 Å². The van der Waals surface area contributed by atoms with Gasteiger partial charge in [-0.15, -0.1) is 0 Å². The Balaban J connectivity index is 1.77. The van der Waals surface area contributed by atoms with Crippen LogP contribution in [-0.2, 0) is 24.1 Å². The Morgan fingerprint density at radius 3 is 1.68 bits per heavy atom. The fourth-order valence-corrected chi connectivity index (χ4v) is 3.39. The Bertz CT molecular complexity index is 719. The third-order valence-electron chi connectivity index (χ3n) is 5.26. The van der Waals surface area contributed by atoms with Crippen molar-refractivity contribution in [3.05, 3.63) is 70.8 Å². The number of unbranched alkanes of at least 4 members (excludes halogenated alkanes) is 1. The molecule has 0 saturated carbocycles. The van der Waals surface area contributed by atoms with Gasteiger partial charge in [-0.1, -0.05) is 54.1 Å². The van der Waals surface area contributed by atoms with Gasteiger partial charge in [-0.2, -0.15) is 0 Å². The number of amides is 1. The van der Waals surface area contributed by atoms with Crippen molar-refractivity contribution >= 4 is 5.91 Å². The topological polar surface area (TPSA) is 69.6 Å². The predicted molar refractivity (Wildman–Crippen MR) is 113 cm³/mol. The van der Waals surface area contributed by atoms with Crippen LogP contribution in [-0.4, -0.2) is 34.9 Å². The maximum Gasteiger partial charge on any atom is 0.217 e. The zero-order valence-electron chi connectivity index (χ0n) is 17.1. The second-order valence-corrected chi connectivity index (χ2v) is 7.79. The van der Waals surface area contributed by atoms with Crippen LogP contribution in [0.25, 0.3) is 0 Å². The van der Waals surface area contributed by atoms with Crippen molar-refractivity contribution in [2.75, 3.05) is 13.2 Å². The molecular weight excluding hydrogens is 350 g/mol. The first-order valence-corrected chi connectivity index (χ1v) is 10.1. The lowest BCUT2D eigenvalue weighted by Crippen LogP contribution is -2.53. The molecule has 0 atom stereocenters. The first-order valence-electron chi connectivity index (χ1n) is 10.1. The molecule has 0 spiro atoms. The average molecular weight is 384 g/mol. The van der Waals surface area contributed by atoms with Crippen LogP contribution in [0.15, 0.2) is 48.5 Å². The van der Waals surface area contributed by atoms with E-state index in [4.69, 9.17) is 0 Å². The number of aliphatic hydroxyl groups is 2. The summed E-state index contributed by atoms with van der Waals surface area (Å²) in [6.45, 7) is 2.96. The van der Waals surface area contributed by atoms with Crippen molar-refractivity contribution in [1.29, 1.82) is 0 Å². The number of aliphatic hydroxyl groups excluding tert-OH is 2. The van der Waals surface area contributed by atoms with E-state index in [2.05, 4.69) is 60.8 Å². The van der Waals surface area contributed by atoms with Crippen molar-refractivity contribution in [1.82, 2.24) is 5.32 Å². The van der Waals surface area contributed by atoms with Gasteiger partial charge in [0, 0.05) is 6.92 Å². The van der Waals surface area contributed by atoms with Crippen molar-refractivity contribution < 1.29 is 15.0 Å². The number of hydrogen-bond acceptors (Lipinski definition) is 3. The highest BCUT2D eigenvalue weighted by Gasteiger charge is 2.29. The second-order valence-electron chi connectivity index (χ2n) is 7.79. The average Bonchev–Trinajstić information content (AvgIpc) is 2.70. The van der Waals surface area contributed by atoms with E-state index in [0.29, 0.717) is 12.8 Å². The van der Waals surface area contributed by atoms with Crippen molar-refractivity contribution in [2.45, 2.75) is 57.9 Å². The first kappa shape index (κ1) is 22.1. The van der Waals surface area contributed by atoms with Crippen LogP contribution >= 0.6 is 0 Å². The summed E-state index contributed by atoms with van der Waals surface area (Å²) in [6, 6.07) is 17.3. The Kier molecular flexibility index (Phi) is 8.68. The first-order chi connectivity index (χ1) is 13.5. The Morgan fingerprint density at radius 2 is 1.25 bits per heavy atom. The summed E-state index contributed by atoms with van der Waals surface area (Å²) in [7, 11) is 0. The van der Waals surface area contributed by atoms with Gasteiger partial charge in [0.15, 0.2) is 0 Å².